The van der Waals surface area contributed by atoms with Crippen molar-refractivity contribution in [1.82, 2.24) is 14.3 Å². The summed E-state index contributed by atoms with van der Waals surface area (Å²) in [6.07, 6.45) is 6.44. The molecule has 2 aromatic rings. The Morgan fingerprint density at radius 2 is 1.89 bits per heavy atom. The number of nitrogens with zero attached hydrogens (tertiary/aromatic N) is 4. The smallest absolute Gasteiger partial charge is 0.346 e. The molecule has 0 atom stereocenters. The maximum absolute atomic E-state index is 12.5. The van der Waals surface area contributed by atoms with Gasteiger partial charge < -0.3 is 10.2 Å². The van der Waals surface area contributed by atoms with Gasteiger partial charge in [0.25, 0.3) is 0 Å². The van der Waals surface area contributed by atoms with Gasteiger partial charge in [-0.3, -0.25) is 9.36 Å². The third-order valence-corrected chi connectivity index (χ3v) is 5.50. The van der Waals surface area contributed by atoms with Crippen molar-refractivity contribution in [3.63, 3.8) is 0 Å². The topological polar surface area (TPSA) is 72.2 Å². The fourth-order valence-corrected chi connectivity index (χ4v) is 4.11. The largest absolute Gasteiger partial charge is 0.371 e. The number of fused-ring (bicyclic) bond motifs is 1. The fourth-order valence-electron chi connectivity index (χ4n) is 4.11. The highest BCUT2D eigenvalue weighted by Gasteiger charge is 2.18. The van der Waals surface area contributed by atoms with Crippen LogP contribution in [-0.4, -0.2) is 33.3 Å². The van der Waals surface area contributed by atoms with Crippen molar-refractivity contribution in [2.75, 3.05) is 23.3 Å². The molecule has 1 aromatic heterocycles. The zero-order valence-corrected chi connectivity index (χ0v) is 15.9. The molecule has 1 N–H and O–H groups in total. The molecule has 0 aliphatic carbocycles. The number of carbonyl (C=O) groups is 1. The summed E-state index contributed by atoms with van der Waals surface area (Å²) in [6, 6.07) is 6.00. The summed E-state index contributed by atoms with van der Waals surface area (Å²) < 4.78 is 3.01. The SMILES string of the molecule is Cc1cc(NC(=O)Cn2nc3n(c2=O)CCCCC3)ccc1N1CCCC1. The monoisotopic (exact) mass is 369 g/mol. The van der Waals surface area contributed by atoms with Crippen LogP contribution in [0.5, 0.6) is 0 Å². The summed E-state index contributed by atoms with van der Waals surface area (Å²) in [6.45, 7) is 4.92. The Bertz CT molecular complexity index is 892. The maximum Gasteiger partial charge on any atom is 0.346 e. The van der Waals surface area contributed by atoms with Crippen LogP contribution in [0.25, 0.3) is 0 Å². The van der Waals surface area contributed by atoms with E-state index in [-0.39, 0.29) is 18.1 Å². The number of anilines is 2. The minimum atomic E-state index is -0.223. The molecule has 0 saturated carbocycles. The normalized spacial score (nSPS) is 16.9. The van der Waals surface area contributed by atoms with Crippen molar-refractivity contribution in [2.24, 2.45) is 0 Å². The number of rotatable bonds is 4. The Kier molecular flexibility index (Phi) is 5.01. The first kappa shape index (κ1) is 17.8. The summed E-state index contributed by atoms with van der Waals surface area (Å²) in [4.78, 5) is 27.3. The van der Waals surface area contributed by atoms with Crippen molar-refractivity contribution < 1.29 is 4.79 Å². The number of hydrogen-bond acceptors (Lipinski definition) is 4. The van der Waals surface area contributed by atoms with E-state index in [1.54, 1.807) is 4.57 Å². The van der Waals surface area contributed by atoms with E-state index in [4.69, 9.17) is 0 Å². The molecule has 2 aliphatic heterocycles. The number of carbonyl (C=O) groups excluding carboxylic acids is 1. The van der Waals surface area contributed by atoms with Crippen molar-refractivity contribution in [3.05, 3.63) is 40.1 Å². The first-order valence-electron chi connectivity index (χ1n) is 9.94. The predicted octanol–water partition coefficient (Wildman–Crippen LogP) is 2.32. The highest BCUT2D eigenvalue weighted by Crippen LogP contribution is 2.26. The predicted molar refractivity (Wildman–Crippen MR) is 105 cm³/mol. The molecule has 0 radical (unpaired) electrons. The third-order valence-electron chi connectivity index (χ3n) is 5.50. The summed E-state index contributed by atoms with van der Waals surface area (Å²) in [5, 5.41) is 7.28. The van der Waals surface area contributed by atoms with Crippen LogP contribution in [0.15, 0.2) is 23.0 Å². The highest BCUT2D eigenvalue weighted by atomic mass is 16.2. The lowest BCUT2D eigenvalue weighted by molar-refractivity contribution is -0.117. The van der Waals surface area contributed by atoms with Gasteiger partial charge in [0, 0.05) is 37.4 Å². The van der Waals surface area contributed by atoms with Gasteiger partial charge in [0.1, 0.15) is 12.4 Å². The van der Waals surface area contributed by atoms with E-state index >= 15 is 0 Å². The highest BCUT2D eigenvalue weighted by molar-refractivity contribution is 5.90. The summed E-state index contributed by atoms with van der Waals surface area (Å²) >= 11 is 0. The molecule has 3 heterocycles. The van der Waals surface area contributed by atoms with Crippen LogP contribution in [0.2, 0.25) is 0 Å². The van der Waals surface area contributed by atoms with Crippen molar-refractivity contribution >= 4 is 17.3 Å². The van der Waals surface area contributed by atoms with Crippen LogP contribution in [-0.2, 0) is 24.3 Å². The minimum Gasteiger partial charge on any atom is -0.371 e. The molecule has 0 unspecified atom stereocenters. The fraction of sp³-hybridized carbons (Fsp3) is 0.550. The second-order valence-electron chi connectivity index (χ2n) is 7.56. The second kappa shape index (κ2) is 7.58. The van der Waals surface area contributed by atoms with Gasteiger partial charge in [0.05, 0.1) is 0 Å². The maximum atomic E-state index is 12.5. The molecule has 2 aliphatic rings. The van der Waals surface area contributed by atoms with Gasteiger partial charge in [-0.2, -0.15) is 5.10 Å². The molecule has 1 amide bonds. The first-order chi connectivity index (χ1) is 13.1. The Labute approximate surface area is 159 Å². The molecule has 7 heteroatoms. The van der Waals surface area contributed by atoms with Crippen LogP contribution >= 0.6 is 0 Å². The van der Waals surface area contributed by atoms with E-state index in [9.17, 15) is 9.59 Å². The van der Waals surface area contributed by atoms with E-state index in [1.807, 2.05) is 12.1 Å². The average Bonchev–Trinajstić information content (AvgIpc) is 3.18. The molecule has 1 saturated heterocycles. The number of aryl methyl sites for hydroxylation is 2. The molecule has 0 bridgehead atoms. The number of aromatic nitrogens is 3. The van der Waals surface area contributed by atoms with Gasteiger partial charge >= 0.3 is 5.69 Å². The van der Waals surface area contributed by atoms with Crippen LogP contribution in [0.4, 0.5) is 11.4 Å². The van der Waals surface area contributed by atoms with Crippen LogP contribution in [0.3, 0.4) is 0 Å². The number of benzene rings is 1. The summed E-state index contributed by atoms with van der Waals surface area (Å²) in [5.41, 5.74) is 2.97. The quantitative estimate of drug-likeness (QED) is 0.898. The van der Waals surface area contributed by atoms with Crippen molar-refractivity contribution in [1.29, 1.82) is 0 Å². The average molecular weight is 369 g/mol. The van der Waals surface area contributed by atoms with Crippen molar-refractivity contribution in [2.45, 2.75) is 58.5 Å². The van der Waals surface area contributed by atoms with E-state index in [0.29, 0.717) is 6.54 Å². The number of nitrogens with one attached hydrogen (secondary N) is 1. The first-order valence-corrected chi connectivity index (χ1v) is 9.94. The van der Waals surface area contributed by atoms with Gasteiger partial charge in [-0.25, -0.2) is 9.48 Å². The Balaban J connectivity index is 1.44. The standard InChI is InChI=1S/C20H27N5O2/c1-15-13-16(8-9-17(15)23-10-5-6-11-23)21-19(26)14-25-20(27)24-12-4-2-3-7-18(24)22-25/h8-9,13H,2-7,10-12,14H2,1H3,(H,21,26). The molecule has 144 valence electrons. The lowest BCUT2D eigenvalue weighted by Crippen LogP contribution is -2.30. The zero-order chi connectivity index (χ0) is 18.8. The molecule has 1 aromatic carbocycles. The number of amides is 1. The number of hydrogen-bond donors (Lipinski definition) is 1. The van der Waals surface area contributed by atoms with E-state index < -0.39 is 0 Å². The van der Waals surface area contributed by atoms with Gasteiger partial charge in [0.2, 0.25) is 5.91 Å². The minimum absolute atomic E-state index is 0.0498. The summed E-state index contributed by atoms with van der Waals surface area (Å²) in [7, 11) is 0. The molecule has 7 nitrogen and oxygen atoms in total. The molecule has 4 rings (SSSR count). The van der Waals surface area contributed by atoms with E-state index in [2.05, 4.69) is 28.3 Å². The Morgan fingerprint density at radius 3 is 2.67 bits per heavy atom. The van der Waals surface area contributed by atoms with Gasteiger partial charge in [-0.15, -0.1) is 0 Å². The molecule has 27 heavy (non-hydrogen) atoms. The van der Waals surface area contributed by atoms with E-state index in [0.717, 1.165) is 55.8 Å². The molecular weight excluding hydrogens is 342 g/mol. The van der Waals surface area contributed by atoms with Crippen LogP contribution in [0.1, 0.15) is 43.5 Å². The van der Waals surface area contributed by atoms with Gasteiger partial charge in [-0.05, 0) is 56.4 Å². The third kappa shape index (κ3) is 3.77. The van der Waals surface area contributed by atoms with Crippen molar-refractivity contribution in [3.8, 4) is 0 Å². The Morgan fingerprint density at radius 1 is 1.11 bits per heavy atom. The molecule has 0 spiro atoms. The second-order valence-corrected chi connectivity index (χ2v) is 7.56. The zero-order valence-electron chi connectivity index (χ0n) is 15.9. The molecular formula is C20H27N5O2. The lowest BCUT2D eigenvalue weighted by Gasteiger charge is -2.20. The van der Waals surface area contributed by atoms with Crippen LogP contribution < -0.4 is 15.9 Å². The van der Waals surface area contributed by atoms with Crippen LogP contribution in [0, 0.1) is 6.92 Å². The van der Waals surface area contributed by atoms with Gasteiger partial charge in [0.15, 0.2) is 0 Å². The van der Waals surface area contributed by atoms with Gasteiger partial charge in [-0.1, -0.05) is 6.42 Å². The molecule has 1 fully saturated rings. The van der Waals surface area contributed by atoms with E-state index in [1.165, 1.54) is 23.2 Å². The lowest BCUT2D eigenvalue weighted by atomic mass is 10.1. The summed E-state index contributed by atoms with van der Waals surface area (Å²) in [5.74, 6) is 0.579. The Hall–Kier alpha value is -2.57.